The second-order valence-corrected chi connectivity index (χ2v) is 5.75. The fourth-order valence-corrected chi connectivity index (χ4v) is 3.39. The average molecular weight is 290 g/mol. The minimum absolute atomic E-state index is 0.261. The lowest BCUT2D eigenvalue weighted by Crippen LogP contribution is -2.27. The molecule has 0 aromatic heterocycles. The molecule has 3 aromatic carbocycles. The van der Waals surface area contributed by atoms with Crippen molar-refractivity contribution in [2.75, 3.05) is 0 Å². The number of benzene rings is 3. The molecule has 0 atom stereocenters. The molecule has 0 heterocycles. The largest absolute Gasteiger partial charge is 0.380 e. The summed E-state index contributed by atoms with van der Waals surface area (Å²) in [5.74, 6) is -0.261. The first kappa shape index (κ1) is 13.2. The summed E-state index contributed by atoms with van der Waals surface area (Å²) in [4.78, 5) is 0. The predicted octanol–water partition coefficient (Wildman–Crippen LogP) is 4.28. The molecule has 0 fully saturated rings. The van der Waals surface area contributed by atoms with Crippen molar-refractivity contribution in [2.24, 2.45) is 0 Å². The molecule has 3 aromatic rings. The molecule has 108 valence electrons. The van der Waals surface area contributed by atoms with E-state index in [9.17, 15) is 9.50 Å². The van der Waals surface area contributed by atoms with Gasteiger partial charge in [-0.25, -0.2) is 4.39 Å². The SMILES string of the molecule is OC1(Cc2ccc(F)cc2)c2ccccc2-c2ccccc21. The molecule has 1 aliphatic rings. The van der Waals surface area contributed by atoms with Crippen LogP contribution in [0.15, 0.2) is 72.8 Å². The Morgan fingerprint density at radius 3 is 1.77 bits per heavy atom. The molecule has 0 radical (unpaired) electrons. The van der Waals surface area contributed by atoms with Crippen LogP contribution in [0.2, 0.25) is 0 Å². The molecule has 4 rings (SSSR count). The molecular formula is C20H15FO. The highest BCUT2D eigenvalue weighted by Gasteiger charge is 2.41. The van der Waals surface area contributed by atoms with Crippen molar-refractivity contribution < 1.29 is 9.50 Å². The van der Waals surface area contributed by atoms with Gasteiger partial charge in [-0.1, -0.05) is 60.7 Å². The van der Waals surface area contributed by atoms with E-state index in [0.29, 0.717) is 6.42 Å². The summed E-state index contributed by atoms with van der Waals surface area (Å²) in [6.07, 6.45) is 0.432. The smallest absolute Gasteiger partial charge is 0.123 e. The third kappa shape index (κ3) is 1.88. The normalized spacial score (nSPS) is 14.5. The summed E-state index contributed by atoms with van der Waals surface area (Å²) in [6, 6.07) is 22.2. The Morgan fingerprint density at radius 2 is 1.23 bits per heavy atom. The fourth-order valence-electron chi connectivity index (χ4n) is 3.39. The van der Waals surface area contributed by atoms with Crippen LogP contribution in [0, 0.1) is 5.82 Å². The van der Waals surface area contributed by atoms with Crippen molar-refractivity contribution in [3.63, 3.8) is 0 Å². The average Bonchev–Trinajstić information content (AvgIpc) is 2.80. The summed E-state index contributed by atoms with van der Waals surface area (Å²) in [7, 11) is 0. The van der Waals surface area contributed by atoms with Crippen LogP contribution in [0.1, 0.15) is 16.7 Å². The zero-order valence-corrected chi connectivity index (χ0v) is 12.0. The molecule has 2 heteroatoms. The summed E-state index contributed by atoms with van der Waals surface area (Å²) in [6.45, 7) is 0. The Bertz CT molecular complexity index is 791. The minimum atomic E-state index is -1.06. The number of rotatable bonds is 2. The maximum atomic E-state index is 13.1. The Balaban J connectivity index is 1.88. The third-order valence-electron chi connectivity index (χ3n) is 4.41. The van der Waals surface area contributed by atoms with Crippen molar-refractivity contribution in [1.29, 1.82) is 0 Å². The summed E-state index contributed by atoms with van der Waals surface area (Å²) >= 11 is 0. The maximum Gasteiger partial charge on any atom is 0.123 e. The van der Waals surface area contributed by atoms with Gasteiger partial charge in [-0.05, 0) is 39.9 Å². The van der Waals surface area contributed by atoms with Crippen LogP contribution < -0.4 is 0 Å². The second-order valence-electron chi connectivity index (χ2n) is 5.75. The van der Waals surface area contributed by atoms with Crippen LogP contribution in [-0.4, -0.2) is 5.11 Å². The van der Waals surface area contributed by atoms with Gasteiger partial charge in [-0.3, -0.25) is 0 Å². The van der Waals surface area contributed by atoms with Gasteiger partial charge in [0.05, 0.1) is 0 Å². The fraction of sp³-hybridized carbons (Fsp3) is 0.100. The van der Waals surface area contributed by atoms with Gasteiger partial charge in [0, 0.05) is 6.42 Å². The number of fused-ring (bicyclic) bond motifs is 3. The van der Waals surface area contributed by atoms with E-state index < -0.39 is 5.60 Å². The summed E-state index contributed by atoms with van der Waals surface area (Å²) in [5, 5.41) is 11.4. The molecule has 0 aliphatic heterocycles. The van der Waals surface area contributed by atoms with Crippen molar-refractivity contribution in [1.82, 2.24) is 0 Å². The maximum absolute atomic E-state index is 13.1. The van der Waals surface area contributed by atoms with Crippen LogP contribution in [-0.2, 0) is 12.0 Å². The Labute approximate surface area is 128 Å². The van der Waals surface area contributed by atoms with Gasteiger partial charge in [0.15, 0.2) is 0 Å². The zero-order valence-electron chi connectivity index (χ0n) is 12.0. The van der Waals surface area contributed by atoms with Gasteiger partial charge in [0.1, 0.15) is 11.4 Å². The highest BCUT2D eigenvalue weighted by atomic mass is 19.1. The zero-order chi connectivity index (χ0) is 15.2. The number of hydrogen-bond acceptors (Lipinski definition) is 1. The molecule has 1 nitrogen and oxygen atoms in total. The van der Waals surface area contributed by atoms with E-state index >= 15 is 0 Å². The minimum Gasteiger partial charge on any atom is -0.380 e. The van der Waals surface area contributed by atoms with Gasteiger partial charge < -0.3 is 5.11 Å². The van der Waals surface area contributed by atoms with Gasteiger partial charge in [0.2, 0.25) is 0 Å². The van der Waals surface area contributed by atoms with Crippen LogP contribution in [0.25, 0.3) is 11.1 Å². The van der Waals surface area contributed by atoms with E-state index in [1.54, 1.807) is 12.1 Å². The van der Waals surface area contributed by atoms with E-state index in [1.165, 1.54) is 12.1 Å². The van der Waals surface area contributed by atoms with Crippen molar-refractivity contribution in [3.8, 4) is 11.1 Å². The number of hydrogen-bond donors (Lipinski definition) is 1. The van der Waals surface area contributed by atoms with Gasteiger partial charge in [-0.15, -0.1) is 0 Å². The van der Waals surface area contributed by atoms with Crippen LogP contribution >= 0.6 is 0 Å². The third-order valence-corrected chi connectivity index (χ3v) is 4.41. The molecule has 0 spiro atoms. The first-order valence-electron chi connectivity index (χ1n) is 7.35. The van der Waals surface area contributed by atoms with E-state index in [1.807, 2.05) is 48.5 Å². The molecule has 0 bridgehead atoms. The van der Waals surface area contributed by atoms with Crippen molar-refractivity contribution >= 4 is 0 Å². The predicted molar refractivity (Wildman–Crippen MR) is 85.0 cm³/mol. The molecule has 0 saturated carbocycles. The molecular weight excluding hydrogens is 275 g/mol. The van der Waals surface area contributed by atoms with Crippen LogP contribution in [0.4, 0.5) is 4.39 Å². The summed E-state index contributed by atoms with van der Waals surface area (Å²) in [5.41, 5.74) is 3.83. The van der Waals surface area contributed by atoms with Gasteiger partial charge >= 0.3 is 0 Å². The lowest BCUT2D eigenvalue weighted by Gasteiger charge is -2.26. The standard InChI is InChI=1S/C20H15FO/c21-15-11-9-14(10-12-15)13-20(22)18-7-3-1-5-16(18)17-6-2-4-8-19(17)20/h1-12,22H,13H2. The van der Waals surface area contributed by atoms with Crippen LogP contribution in [0.5, 0.6) is 0 Å². The van der Waals surface area contributed by atoms with Crippen molar-refractivity contribution in [3.05, 3.63) is 95.3 Å². The molecule has 0 amide bonds. The highest BCUT2D eigenvalue weighted by Crippen LogP contribution is 2.48. The van der Waals surface area contributed by atoms with E-state index in [0.717, 1.165) is 27.8 Å². The van der Waals surface area contributed by atoms with Crippen molar-refractivity contribution in [2.45, 2.75) is 12.0 Å². The second kappa shape index (κ2) is 4.79. The summed E-state index contributed by atoms with van der Waals surface area (Å²) < 4.78 is 13.1. The Morgan fingerprint density at radius 1 is 0.727 bits per heavy atom. The van der Waals surface area contributed by atoms with E-state index in [4.69, 9.17) is 0 Å². The first-order valence-corrected chi connectivity index (χ1v) is 7.35. The Hall–Kier alpha value is -2.45. The van der Waals surface area contributed by atoms with E-state index in [-0.39, 0.29) is 5.82 Å². The molecule has 0 saturated heterocycles. The quantitative estimate of drug-likeness (QED) is 0.746. The lowest BCUT2D eigenvalue weighted by atomic mass is 9.85. The molecule has 0 unspecified atom stereocenters. The van der Waals surface area contributed by atoms with Gasteiger partial charge in [-0.2, -0.15) is 0 Å². The Kier molecular flexibility index (Phi) is 2.88. The highest BCUT2D eigenvalue weighted by molar-refractivity contribution is 5.80. The topological polar surface area (TPSA) is 20.2 Å². The molecule has 22 heavy (non-hydrogen) atoms. The monoisotopic (exact) mass is 290 g/mol. The number of halogens is 1. The van der Waals surface area contributed by atoms with Crippen LogP contribution in [0.3, 0.4) is 0 Å². The number of aliphatic hydroxyl groups is 1. The van der Waals surface area contributed by atoms with E-state index in [2.05, 4.69) is 0 Å². The molecule has 1 aliphatic carbocycles. The first-order chi connectivity index (χ1) is 10.7. The van der Waals surface area contributed by atoms with Gasteiger partial charge in [0.25, 0.3) is 0 Å². The lowest BCUT2D eigenvalue weighted by molar-refractivity contribution is 0.0860. The molecule has 1 N–H and O–H groups in total.